The molecule has 6 atom stereocenters. The van der Waals surface area contributed by atoms with Crippen LogP contribution in [0.4, 0.5) is 8.78 Å². The predicted molar refractivity (Wildman–Crippen MR) is 95.4 cm³/mol. The number of oxime groups is 2. The second kappa shape index (κ2) is 15.6. The van der Waals surface area contributed by atoms with Gasteiger partial charge in [-0.3, -0.25) is 0 Å². The van der Waals surface area contributed by atoms with Gasteiger partial charge in [-0.1, -0.05) is 38.0 Å². The van der Waals surface area contributed by atoms with Crippen molar-refractivity contribution in [2.24, 2.45) is 22.1 Å². The molecule has 0 aliphatic heterocycles. The minimum absolute atomic E-state index is 0.150. The third-order valence-electron chi connectivity index (χ3n) is 3.61. The molecule has 0 unspecified atom stereocenters. The molecule has 0 spiro atoms. The molecule has 8 heteroatoms. The summed E-state index contributed by atoms with van der Waals surface area (Å²) in [5, 5.41) is 15.8. The molecular weight excluding hydrogens is 342 g/mol. The van der Waals surface area contributed by atoms with E-state index in [9.17, 15) is 13.9 Å². The first-order valence-electron chi connectivity index (χ1n) is 8.00. The molecule has 5 nitrogen and oxygen atoms in total. The first-order valence-corrected chi connectivity index (χ1v) is 8.43. The number of aliphatic hydroxyl groups is 1. The zero-order valence-electron chi connectivity index (χ0n) is 15.3. The molecule has 0 saturated heterocycles. The van der Waals surface area contributed by atoms with E-state index in [0.717, 1.165) is 18.9 Å². The molecular formula is C16H31ClF2N2O3. The van der Waals surface area contributed by atoms with E-state index in [1.54, 1.807) is 20.8 Å². The lowest BCUT2D eigenvalue weighted by molar-refractivity contribution is 0.0827. The van der Waals surface area contributed by atoms with Crippen LogP contribution in [0.1, 0.15) is 40.5 Å². The summed E-state index contributed by atoms with van der Waals surface area (Å²) in [6.45, 7) is 7.13. The summed E-state index contributed by atoms with van der Waals surface area (Å²) in [5.74, 6) is -0.663. The lowest BCUT2D eigenvalue weighted by Crippen LogP contribution is -2.27. The molecule has 0 fully saturated rings. The highest BCUT2D eigenvalue weighted by atomic mass is 35.5. The van der Waals surface area contributed by atoms with E-state index in [1.165, 1.54) is 14.2 Å². The van der Waals surface area contributed by atoms with E-state index in [0.29, 0.717) is 6.42 Å². The van der Waals surface area contributed by atoms with Crippen molar-refractivity contribution in [3.63, 3.8) is 0 Å². The normalized spacial score (nSPS) is 19.1. The van der Waals surface area contributed by atoms with Gasteiger partial charge in [0.05, 0.1) is 18.5 Å². The SMILES string of the molecule is CC[C@@H](O)[C@@H](C)[C@H](F)C=NOC.CC[C@H](Cl)[C@@H](C)[C@H](F)C=NOC. The van der Waals surface area contributed by atoms with Gasteiger partial charge in [-0.2, -0.15) is 0 Å². The maximum atomic E-state index is 13.1. The summed E-state index contributed by atoms with van der Waals surface area (Å²) < 4.78 is 26.1. The molecule has 0 aliphatic rings. The van der Waals surface area contributed by atoms with Gasteiger partial charge in [0.2, 0.25) is 0 Å². The Hall–Kier alpha value is -0.950. The van der Waals surface area contributed by atoms with Gasteiger partial charge in [-0.15, -0.1) is 11.6 Å². The van der Waals surface area contributed by atoms with Crippen LogP contribution < -0.4 is 0 Å². The van der Waals surface area contributed by atoms with Gasteiger partial charge in [0.25, 0.3) is 0 Å². The third kappa shape index (κ3) is 11.6. The van der Waals surface area contributed by atoms with E-state index in [2.05, 4.69) is 20.0 Å². The second-order valence-electron chi connectivity index (χ2n) is 5.38. The maximum absolute atomic E-state index is 13.1. The average molecular weight is 373 g/mol. The molecule has 0 aromatic heterocycles. The lowest BCUT2D eigenvalue weighted by atomic mass is 9.98. The Morgan fingerprint density at radius 2 is 1.38 bits per heavy atom. The van der Waals surface area contributed by atoms with E-state index >= 15 is 0 Å². The number of aliphatic hydroxyl groups excluding tert-OH is 1. The molecule has 0 rings (SSSR count). The molecule has 0 amide bonds. The fourth-order valence-corrected chi connectivity index (χ4v) is 1.80. The zero-order chi connectivity index (χ0) is 19.1. The van der Waals surface area contributed by atoms with Gasteiger partial charge in [-0.05, 0) is 12.8 Å². The standard InChI is InChI=1S/C8H15ClFNO.C8H16FNO2/c1-4-7(9)6(2)8(10)5-11-12-3;1-4-8(11)6(2)7(9)5-10-12-3/h5-8H,4H2,1-3H3;5-8,11H,4H2,1-3H3/t6-,7+,8-;6-,7+,8+/m10/s1. The van der Waals surface area contributed by atoms with Gasteiger partial charge in [0.1, 0.15) is 26.6 Å². The van der Waals surface area contributed by atoms with Crippen LogP contribution in [-0.4, -0.2) is 55.6 Å². The van der Waals surface area contributed by atoms with E-state index in [4.69, 9.17) is 11.6 Å². The number of halogens is 3. The van der Waals surface area contributed by atoms with Crippen LogP contribution >= 0.6 is 11.6 Å². The number of nitrogens with zero attached hydrogens (tertiary/aromatic N) is 2. The summed E-state index contributed by atoms with van der Waals surface area (Å²) >= 11 is 5.85. The van der Waals surface area contributed by atoms with Crippen LogP contribution in [0.3, 0.4) is 0 Å². The van der Waals surface area contributed by atoms with Gasteiger partial charge >= 0.3 is 0 Å². The topological polar surface area (TPSA) is 63.4 Å². The lowest BCUT2D eigenvalue weighted by Gasteiger charge is -2.17. The van der Waals surface area contributed by atoms with Gasteiger partial charge in [0.15, 0.2) is 0 Å². The van der Waals surface area contributed by atoms with Gasteiger partial charge in [0, 0.05) is 17.2 Å². The van der Waals surface area contributed by atoms with Crippen LogP contribution in [0.5, 0.6) is 0 Å². The molecule has 0 aliphatic carbocycles. The smallest absolute Gasteiger partial charge is 0.143 e. The van der Waals surface area contributed by atoms with Crippen molar-refractivity contribution in [1.82, 2.24) is 0 Å². The minimum Gasteiger partial charge on any atom is -0.399 e. The summed E-state index contributed by atoms with van der Waals surface area (Å²) in [4.78, 5) is 8.69. The van der Waals surface area contributed by atoms with Crippen LogP contribution in [-0.2, 0) is 9.68 Å². The monoisotopic (exact) mass is 372 g/mol. The summed E-state index contributed by atoms with van der Waals surface area (Å²) in [6, 6.07) is 0. The summed E-state index contributed by atoms with van der Waals surface area (Å²) in [5.41, 5.74) is 0. The van der Waals surface area contributed by atoms with E-state index in [1.807, 2.05) is 6.92 Å². The zero-order valence-corrected chi connectivity index (χ0v) is 16.1. The fourth-order valence-electron chi connectivity index (χ4n) is 1.66. The van der Waals surface area contributed by atoms with Crippen molar-refractivity contribution >= 4 is 24.0 Å². The first kappa shape index (κ1) is 25.3. The molecule has 0 heterocycles. The molecule has 0 bridgehead atoms. The molecule has 0 aromatic rings. The van der Waals surface area contributed by atoms with Gasteiger partial charge in [-0.25, -0.2) is 8.78 Å². The average Bonchev–Trinajstić information content (AvgIpc) is 2.61. The van der Waals surface area contributed by atoms with Crippen molar-refractivity contribution in [3.8, 4) is 0 Å². The molecule has 0 aromatic carbocycles. The Balaban J connectivity index is 0. The Kier molecular flexibility index (Phi) is 16.4. The van der Waals surface area contributed by atoms with Gasteiger partial charge < -0.3 is 14.8 Å². The summed E-state index contributed by atoms with van der Waals surface area (Å²) in [6.07, 6.45) is 0.488. The second-order valence-corrected chi connectivity index (χ2v) is 5.94. The molecule has 0 radical (unpaired) electrons. The Morgan fingerprint density at radius 1 is 0.958 bits per heavy atom. The van der Waals surface area contributed by atoms with Crippen molar-refractivity contribution in [3.05, 3.63) is 0 Å². The Bertz CT molecular complexity index is 317. The summed E-state index contributed by atoms with van der Waals surface area (Å²) in [7, 11) is 2.73. The maximum Gasteiger partial charge on any atom is 0.143 e. The van der Waals surface area contributed by atoms with E-state index in [-0.39, 0.29) is 11.3 Å². The van der Waals surface area contributed by atoms with E-state index < -0.39 is 24.4 Å². The first-order chi connectivity index (χ1) is 11.3. The molecule has 0 saturated carbocycles. The van der Waals surface area contributed by atoms with Crippen LogP contribution in [0.15, 0.2) is 10.3 Å². The highest BCUT2D eigenvalue weighted by Crippen LogP contribution is 2.19. The molecule has 24 heavy (non-hydrogen) atoms. The fraction of sp³-hybridized carbons (Fsp3) is 0.875. The molecule has 1 N–H and O–H groups in total. The van der Waals surface area contributed by atoms with Crippen LogP contribution in [0.25, 0.3) is 0 Å². The molecule has 144 valence electrons. The number of rotatable bonds is 10. The number of alkyl halides is 3. The van der Waals surface area contributed by atoms with Crippen molar-refractivity contribution in [1.29, 1.82) is 0 Å². The van der Waals surface area contributed by atoms with Crippen molar-refractivity contribution < 1.29 is 23.6 Å². The minimum atomic E-state index is -1.25. The highest BCUT2D eigenvalue weighted by molar-refractivity contribution is 6.20. The largest absolute Gasteiger partial charge is 0.399 e. The predicted octanol–water partition coefficient (Wildman–Crippen LogP) is 3.97. The van der Waals surface area contributed by atoms with Crippen molar-refractivity contribution in [2.45, 2.75) is 64.4 Å². The Morgan fingerprint density at radius 3 is 1.71 bits per heavy atom. The number of hydrogen-bond donors (Lipinski definition) is 1. The van der Waals surface area contributed by atoms with Crippen LogP contribution in [0.2, 0.25) is 0 Å². The third-order valence-corrected chi connectivity index (χ3v) is 4.31. The van der Waals surface area contributed by atoms with Crippen LogP contribution in [0, 0.1) is 11.8 Å². The Labute approximate surface area is 149 Å². The number of hydrogen-bond acceptors (Lipinski definition) is 5. The van der Waals surface area contributed by atoms with Crippen molar-refractivity contribution in [2.75, 3.05) is 14.2 Å². The quantitative estimate of drug-likeness (QED) is 0.358. The highest BCUT2D eigenvalue weighted by Gasteiger charge is 2.21.